The molecular weight excluding hydrogens is 322 g/mol. The zero-order valence-electron chi connectivity index (χ0n) is 15.5. The van der Waals surface area contributed by atoms with Gasteiger partial charge in [-0.05, 0) is 46.6 Å². The molecule has 0 bridgehead atoms. The van der Waals surface area contributed by atoms with Crippen molar-refractivity contribution in [2.75, 3.05) is 13.7 Å². The van der Waals surface area contributed by atoms with Crippen LogP contribution in [0.25, 0.3) is 0 Å². The molecule has 0 spiro atoms. The minimum atomic E-state index is -0.544. The van der Waals surface area contributed by atoms with Gasteiger partial charge in [0.2, 0.25) is 5.88 Å². The van der Waals surface area contributed by atoms with Crippen LogP contribution in [0.15, 0.2) is 18.2 Å². The first-order valence-corrected chi connectivity index (χ1v) is 8.53. The molecule has 7 heteroatoms. The van der Waals surface area contributed by atoms with E-state index in [2.05, 4.69) is 10.3 Å². The number of amides is 2. The maximum Gasteiger partial charge on any atom is 0.410 e. The van der Waals surface area contributed by atoms with Gasteiger partial charge in [0, 0.05) is 18.7 Å². The lowest BCUT2D eigenvalue weighted by Crippen LogP contribution is -2.56. The summed E-state index contributed by atoms with van der Waals surface area (Å²) in [6, 6.07) is 4.74. The average Bonchev–Trinajstić information content (AvgIpc) is 2.55. The number of nitrogens with one attached hydrogen (secondary N) is 1. The third-order valence-corrected chi connectivity index (χ3v) is 4.10. The maximum absolute atomic E-state index is 12.5. The van der Waals surface area contributed by atoms with Gasteiger partial charge in [-0.25, -0.2) is 9.78 Å². The number of carbonyl (C=O) groups is 2. The molecule has 1 aliphatic heterocycles. The van der Waals surface area contributed by atoms with Crippen LogP contribution in [0.2, 0.25) is 0 Å². The normalized spacial score (nSPS) is 20.8. The van der Waals surface area contributed by atoms with E-state index in [0.717, 1.165) is 12.8 Å². The lowest BCUT2D eigenvalue weighted by Gasteiger charge is -2.40. The van der Waals surface area contributed by atoms with Gasteiger partial charge in [0.05, 0.1) is 13.2 Å². The third-order valence-electron chi connectivity index (χ3n) is 4.10. The summed E-state index contributed by atoms with van der Waals surface area (Å²) in [5.74, 6) is 0.113. The van der Waals surface area contributed by atoms with E-state index >= 15 is 0 Å². The zero-order valence-corrected chi connectivity index (χ0v) is 15.5. The molecule has 1 N–H and O–H groups in total. The highest BCUT2D eigenvalue weighted by Gasteiger charge is 2.34. The lowest BCUT2D eigenvalue weighted by molar-refractivity contribution is 0.00699. The quantitative estimate of drug-likeness (QED) is 0.907. The number of carbonyl (C=O) groups excluding carboxylic acids is 2. The minimum absolute atomic E-state index is 0.151. The lowest BCUT2D eigenvalue weighted by atomic mass is 9.97. The van der Waals surface area contributed by atoms with Crippen molar-refractivity contribution in [3.8, 4) is 5.88 Å². The maximum atomic E-state index is 12.5. The highest BCUT2D eigenvalue weighted by molar-refractivity contribution is 5.92. The monoisotopic (exact) mass is 349 g/mol. The number of hydrogen-bond acceptors (Lipinski definition) is 5. The van der Waals surface area contributed by atoms with Crippen LogP contribution in [0.5, 0.6) is 5.88 Å². The molecule has 0 radical (unpaired) electrons. The number of hydrogen-bond donors (Lipinski definition) is 1. The van der Waals surface area contributed by atoms with Gasteiger partial charge in [0.15, 0.2) is 0 Å². The Labute approximate surface area is 148 Å². The number of rotatable bonds is 3. The Kier molecular flexibility index (Phi) is 5.87. The summed E-state index contributed by atoms with van der Waals surface area (Å²) >= 11 is 0. The Hall–Kier alpha value is -2.31. The van der Waals surface area contributed by atoms with Gasteiger partial charge < -0.3 is 19.7 Å². The van der Waals surface area contributed by atoms with Crippen LogP contribution < -0.4 is 10.1 Å². The molecule has 1 aliphatic rings. The molecule has 0 aromatic carbocycles. The van der Waals surface area contributed by atoms with Crippen molar-refractivity contribution < 1.29 is 19.1 Å². The predicted octanol–water partition coefficient (Wildman–Crippen LogP) is 2.61. The van der Waals surface area contributed by atoms with Crippen LogP contribution in [0, 0.1) is 0 Å². The molecule has 25 heavy (non-hydrogen) atoms. The first-order valence-electron chi connectivity index (χ1n) is 8.53. The number of piperidine rings is 1. The van der Waals surface area contributed by atoms with Crippen LogP contribution in [0.1, 0.15) is 51.0 Å². The van der Waals surface area contributed by atoms with Gasteiger partial charge in [0.25, 0.3) is 5.91 Å². The standard InChI is InChI=1S/C18H27N3O4/c1-12-13(9-7-11-21(12)17(23)25-18(2,3)4)20-16(22)14-8-6-10-15(19-14)24-5/h6,8,10,12-13H,7,9,11H2,1-5H3,(H,20,22). The fourth-order valence-corrected chi connectivity index (χ4v) is 2.81. The summed E-state index contributed by atoms with van der Waals surface area (Å²) in [7, 11) is 1.51. The fraction of sp³-hybridized carbons (Fsp3) is 0.611. The van der Waals surface area contributed by atoms with Gasteiger partial charge >= 0.3 is 6.09 Å². The Morgan fingerprint density at radius 3 is 2.68 bits per heavy atom. The molecule has 0 saturated carbocycles. The fourth-order valence-electron chi connectivity index (χ4n) is 2.81. The van der Waals surface area contributed by atoms with E-state index < -0.39 is 5.60 Å². The summed E-state index contributed by atoms with van der Waals surface area (Å²) in [5, 5.41) is 2.98. The van der Waals surface area contributed by atoms with Crippen molar-refractivity contribution in [1.29, 1.82) is 0 Å². The van der Waals surface area contributed by atoms with E-state index in [4.69, 9.17) is 9.47 Å². The first-order chi connectivity index (χ1) is 11.7. The van der Waals surface area contributed by atoms with Gasteiger partial charge in [-0.1, -0.05) is 6.07 Å². The van der Waals surface area contributed by atoms with Crippen LogP contribution in [-0.4, -0.2) is 53.2 Å². The Morgan fingerprint density at radius 1 is 1.32 bits per heavy atom. The number of aromatic nitrogens is 1. The number of likely N-dealkylation sites (tertiary alicyclic amines) is 1. The van der Waals surface area contributed by atoms with Gasteiger partial charge in [-0.2, -0.15) is 0 Å². The molecule has 2 rings (SSSR count). The van der Waals surface area contributed by atoms with Crippen molar-refractivity contribution in [3.05, 3.63) is 23.9 Å². The zero-order chi connectivity index (χ0) is 18.6. The highest BCUT2D eigenvalue weighted by atomic mass is 16.6. The molecule has 1 aromatic rings. The molecule has 1 fully saturated rings. The Balaban J connectivity index is 2.04. The van der Waals surface area contributed by atoms with Gasteiger partial charge in [-0.3, -0.25) is 4.79 Å². The number of nitrogens with zero attached hydrogens (tertiary/aromatic N) is 2. The predicted molar refractivity (Wildman–Crippen MR) is 93.7 cm³/mol. The third kappa shape index (κ3) is 5.08. The molecule has 138 valence electrons. The van der Waals surface area contributed by atoms with Crippen molar-refractivity contribution in [2.45, 2.75) is 58.2 Å². The summed E-state index contributed by atoms with van der Waals surface area (Å²) in [6.07, 6.45) is 1.26. The molecule has 2 amide bonds. The molecule has 2 heterocycles. The van der Waals surface area contributed by atoms with Crippen LogP contribution in [0.3, 0.4) is 0 Å². The van der Waals surface area contributed by atoms with E-state index in [9.17, 15) is 9.59 Å². The van der Waals surface area contributed by atoms with E-state index in [1.165, 1.54) is 7.11 Å². The topological polar surface area (TPSA) is 80.8 Å². The molecule has 0 aliphatic carbocycles. The van der Waals surface area contributed by atoms with E-state index in [1.54, 1.807) is 23.1 Å². The van der Waals surface area contributed by atoms with Crippen LogP contribution >= 0.6 is 0 Å². The van der Waals surface area contributed by atoms with Crippen molar-refractivity contribution in [1.82, 2.24) is 15.2 Å². The van der Waals surface area contributed by atoms with Gasteiger partial charge in [-0.15, -0.1) is 0 Å². The summed E-state index contributed by atoms with van der Waals surface area (Å²) < 4.78 is 10.5. The summed E-state index contributed by atoms with van der Waals surface area (Å²) in [4.78, 5) is 30.7. The second-order valence-corrected chi connectivity index (χ2v) is 7.20. The largest absolute Gasteiger partial charge is 0.481 e. The van der Waals surface area contributed by atoms with E-state index in [0.29, 0.717) is 18.1 Å². The molecule has 2 atom stereocenters. The van der Waals surface area contributed by atoms with Crippen molar-refractivity contribution in [3.63, 3.8) is 0 Å². The molecular formula is C18H27N3O4. The SMILES string of the molecule is COc1cccc(C(=O)NC2CCCN(C(=O)OC(C)(C)C)C2C)n1. The second-order valence-electron chi connectivity index (χ2n) is 7.20. The van der Waals surface area contributed by atoms with Crippen LogP contribution in [-0.2, 0) is 4.74 Å². The Bertz CT molecular complexity index is 627. The number of ether oxygens (including phenoxy) is 2. The van der Waals surface area contributed by atoms with Crippen LogP contribution in [0.4, 0.5) is 4.79 Å². The van der Waals surface area contributed by atoms with Crippen molar-refractivity contribution in [2.24, 2.45) is 0 Å². The number of pyridine rings is 1. The smallest absolute Gasteiger partial charge is 0.410 e. The van der Waals surface area contributed by atoms with Gasteiger partial charge in [0.1, 0.15) is 11.3 Å². The highest BCUT2D eigenvalue weighted by Crippen LogP contribution is 2.21. The average molecular weight is 349 g/mol. The van der Waals surface area contributed by atoms with E-state index in [1.807, 2.05) is 27.7 Å². The summed E-state index contributed by atoms with van der Waals surface area (Å²) in [5.41, 5.74) is -0.252. The van der Waals surface area contributed by atoms with E-state index in [-0.39, 0.29) is 24.1 Å². The Morgan fingerprint density at radius 2 is 2.04 bits per heavy atom. The molecule has 1 aromatic heterocycles. The molecule has 7 nitrogen and oxygen atoms in total. The minimum Gasteiger partial charge on any atom is -0.481 e. The second kappa shape index (κ2) is 7.72. The summed E-state index contributed by atoms with van der Waals surface area (Å²) in [6.45, 7) is 8.07. The molecule has 1 saturated heterocycles. The number of methoxy groups -OCH3 is 1. The van der Waals surface area contributed by atoms with Crippen molar-refractivity contribution >= 4 is 12.0 Å². The first kappa shape index (κ1) is 19.0. The molecule has 2 unspecified atom stereocenters.